The van der Waals surface area contributed by atoms with Gasteiger partial charge in [0.2, 0.25) is 0 Å². The van der Waals surface area contributed by atoms with Gasteiger partial charge in [0, 0.05) is 53.5 Å². The van der Waals surface area contributed by atoms with Crippen LogP contribution in [-0.2, 0) is 14.8 Å². The van der Waals surface area contributed by atoms with Crippen LogP contribution in [-0.4, -0.2) is 67.4 Å². The second-order valence-corrected chi connectivity index (χ2v) is 12.3. The van der Waals surface area contributed by atoms with Crippen molar-refractivity contribution in [3.8, 4) is 0 Å². The van der Waals surface area contributed by atoms with Gasteiger partial charge in [0.05, 0.1) is 13.1 Å². The number of piperidine rings is 1. The van der Waals surface area contributed by atoms with Crippen LogP contribution in [0.4, 0.5) is 5.69 Å². The Morgan fingerprint density at radius 1 is 1.09 bits per heavy atom. The Hall–Kier alpha value is -2.24. The van der Waals surface area contributed by atoms with Crippen molar-refractivity contribution >= 4 is 54.6 Å². The van der Waals surface area contributed by atoms with Crippen molar-refractivity contribution in [2.75, 3.05) is 37.6 Å². The van der Waals surface area contributed by atoms with Gasteiger partial charge >= 0.3 is 0 Å². The van der Waals surface area contributed by atoms with E-state index < -0.39 is 10.0 Å². The minimum absolute atomic E-state index is 0.167. The Bertz CT molecular complexity index is 1310. The van der Waals surface area contributed by atoms with Gasteiger partial charge in [-0.1, -0.05) is 11.6 Å². The summed E-state index contributed by atoms with van der Waals surface area (Å²) >= 11 is 7.32. The number of aromatic nitrogens is 1. The van der Waals surface area contributed by atoms with Crippen molar-refractivity contribution in [1.82, 2.24) is 19.7 Å². The number of nitrogens with one attached hydrogen (secondary N) is 1. The maximum absolute atomic E-state index is 13.4. The molecule has 2 aliphatic heterocycles. The summed E-state index contributed by atoms with van der Waals surface area (Å²) in [5, 5.41) is 3.00. The summed E-state index contributed by atoms with van der Waals surface area (Å²) in [5.41, 5.74) is 5.17. The molecular formula is C23H26ClN5O3S2. The molecule has 4 heterocycles. The van der Waals surface area contributed by atoms with Crippen LogP contribution in [0.3, 0.4) is 0 Å². The molecular weight excluding hydrogens is 494 g/mol. The lowest BCUT2D eigenvalue weighted by atomic mass is 10.1. The summed E-state index contributed by atoms with van der Waals surface area (Å²) < 4.78 is 29.2. The number of aryl methyl sites for hydroxylation is 1. The smallest absolute Gasteiger partial charge is 0.253 e. The van der Waals surface area contributed by atoms with E-state index in [-0.39, 0.29) is 29.2 Å². The van der Waals surface area contributed by atoms with Gasteiger partial charge in [0.15, 0.2) is 0 Å². The number of sulfonamides is 1. The average molecular weight is 520 g/mol. The van der Waals surface area contributed by atoms with Gasteiger partial charge in [-0.25, -0.2) is 13.8 Å². The first-order valence-corrected chi connectivity index (χ1v) is 13.9. The number of halogens is 1. The molecule has 2 aromatic heterocycles. The van der Waals surface area contributed by atoms with Gasteiger partial charge in [-0.3, -0.25) is 14.8 Å². The molecule has 1 aromatic carbocycles. The number of hydrogen-bond acceptors (Lipinski definition) is 7. The highest BCUT2D eigenvalue weighted by molar-refractivity contribution is 7.91. The van der Waals surface area contributed by atoms with E-state index >= 15 is 0 Å². The number of rotatable bonds is 5. The molecule has 5 rings (SSSR count). The molecule has 34 heavy (non-hydrogen) atoms. The van der Waals surface area contributed by atoms with Crippen molar-refractivity contribution in [2.24, 2.45) is 0 Å². The van der Waals surface area contributed by atoms with Crippen LogP contribution in [0.2, 0.25) is 5.02 Å². The Morgan fingerprint density at radius 2 is 1.82 bits per heavy atom. The second-order valence-electron chi connectivity index (χ2n) is 8.63. The molecule has 2 aliphatic rings. The third kappa shape index (κ3) is 4.52. The predicted octanol–water partition coefficient (Wildman–Crippen LogP) is 3.26. The van der Waals surface area contributed by atoms with Gasteiger partial charge in [-0.15, -0.1) is 11.3 Å². The van der Waals surface area contributed by atoms with Crippen LogP contribution < -0.4 is 10.3 Å². The fourth-order valence-electron chi connectivity index (χ4n) is 4.57. The number of hydrogen-bond donors (Lipinski definition) is 1. The normalized spacial score (nSPS) is 18.7. The standard InChI is InChI=1S/C23H26ClN5O3S2/c1-16-20-14-17(24)2-3-21(20)33-23(16)34(31,32)28-12-13-29(22(30)15-28)26-18-6-10-27(11-7-18)19-4-8-25-9-5-19/h2-5,8-9,14,18,26H,6-7,10-13,15H2,1H3. The zero-order valence-corrected chi connectivity index (χ0v) is 21.2. The van der Waals surface area contributed by atoms with Crippen molar-refractivity contribution in [3.05, 3.63) is 53.3 Å². The van der Waals surface area contributed by atoms with Crippen molar-refractivity contribution in [3.63, 3.8) is 0 Å². The Kier molecular flexibility index (Phi) is 6.51. The maximum Gasteiger partial charge on any atom is 0.253 e. The molecule has 0 saturated carbocycles. The summed E-state index contributed by atoms with van der Waals surface area (Å²) in [5.74, 6) is -0.229. The molecule has 8 nitrogen and oxygen atoms in total. The molecule has 0 aliphatic carbocycles. The minimum atomic E-state index is -3.77. The largest absolute Gasteiger partial charge is 0.371 e. The molecule has 0 unspecified atom stereocenters. The molecule has 0 spiro atoms. The van der Waals surface area contributed by atoms with E-state index in [1.165, 1.54) is 15.6 Å². The van der Waals surface area contributed by atoms with Crippen molar-refractivity contribution in [2.45, 2.75) is 30.0 Å². The SMILES string of the molecule is Cc1c(S(=O)(=O)N2CCN(NC3CCN(c4ccncc4)CC3)C(=O)C2)sc2ccc(Cl)cc12. The number of fused-ring (bicyclic) bond motifs is 1. The molecule has 2 saturated heterocycles. The van der Waals surface area contributed by atoms with E-state index in [1.54, 1.807) is 36.5 Å². The third-order valence-corrected chi connectivity index (χ3v) is 10.4. The summed E-state index contributed by atoms with van der Waals surface area (Å²) in [6.45, 7) is 3.97. The van der Waals surface area contributed by atoms with Crippen LogP contribution in [0.25, 0.3) is 10.1 Å². The average Bonchev–Trinajstić information content (AvgIpc) is 3.18. The van der Waals surface area contributed by atoms with Gasteiger partial charge in [0.25, 0.3) is 15.9 Å². The number of anilines is 1. The lowest BCUT2D eigenvalue weighted by molar-refractivity contribution is -0.138. The van der Waals surface area contributed by atoms with E-state index in [1.807, 2.05) is 18.2 Å². The van der Waals surface area contributed by atoms with Crippen LogP contribution in [0, 0.1) is 6.92 Å². The molecule has 180 valence electrons. The molecule has 2 fully saturated rings. The summed E-state index contributed by atoms with van der Waals surface area (Å²) in [6.07, 6.45) is 5.39. The highest BCUT2D eigenvalue weighted by Gasteiger charge is 2.36. The maximum atomic E-state index is 13.4. The molecule has 0 radical (unpaired) electrons. The molecule has 3 aromatic rings. The monoisotopic (exact) mass is 519 g/mol. The van der Waals surface area contributed by atoms with Gasteiger partial charge in [-0.2, -0.15) is 4.31 Å². The van der Waals surface area contributed by atoms with E-state index in [2.05, 4.69) is 15.3 Å². The molecule has 1 N–H and O–H groups in total. The Morgan fingerprint density at radius 3 is 2.53 bits per heavy atom. The van der Waals surface area contributed by atoms with E-state index in [0.717, 1.165) is 41.7 Å². The number of piperazine rings is 1. The summed E-state index contributed by atoms with van der Waals surface area (Å²) in [7, 11) is -3.77. The van der Waals surface area contributed by atoms with E-state index in [9.17, 15) is 13.2 Å². The van der Waals surface area contributed by atoms with E-state index in [4.69, 9.17) is 11.6 Å². The first-order chi connectivity index (χ1) is 16.3. The van der Waals surface area contributed by atoms with Crippen molar-refractivity contribution < 1.29 is 13.2 Å². The number of benzene rings is 1. The zero-order valence-electron chi connectivity index (χ0n) is 18.8. The van der Waals surface area contributed by atoms with Gasteiger partial charge in [-0.05, 0) is 61.0 Å². The highest BCUT2D eigenvalue weighted by atomic mass is 35.5. The second kappa shape index (κ2) is 9.43. The minimum Gasteiger partial charge on any atom is -0.371 e. The number of amides is 1. The quantitative estimate of drug-likeness (QED) is 0.557. The first kappa shape index (κ1) is 23.5. The number of nitrogens with zero attached hydrogens (tertiary/aromatic N) is 4. The third-order valence-electron chi connectivity index (χ3n) is 6.48. The lowest BCUT2D eigenvalue weighted by Crippen LogP contribution is -2.60. The first-order valence-electron chi connectivity index (χ1n) is 11.2. The van der Waals surface area contributed by atoms with Crippen molar-refractivity contribution in [1.29, 1.82) is 0 Å². The number of pyridine rings is 1. The Labute approximate surface area is 208 Å². The van der Waals surface area contributed by atoms with Gasteiger partial charge < -0.3 is 4.90 Å². The fourth-order valence-corrected chi connectivity index (χ4v) is 8.00. The molecule has 1 amide bonds. The fraction of sp³-hybridized carbons (Fsp3) is 0.391. The molecule has 0 bridgehead atoms. The van der Waals surface area contributed by atoms with E-state index in [0.29, 0.717) is 17.1 Å². The van der Waals surface area contributed by atoms with Crippen LogP contribution >= 0.6 is 22.9 Å². The summed E-state index contributed by atoms with van der Waals surface area (Å²) in [4.78, 5) is 19.3. The Balaban J connectivity index is 1.21. The molecule has 11 heteroatoms. The topological polar surface area (TPSA) is 85.8 Å². The van der Waals surface area contributed by atoms with Crippen LogP contribution in [0.15, 0.2) is 46.9 Å². The van der Waals surface area contributed by atoms with Crippen LogP contribution in [0.5, 0.6) is 0 Å². The highest BCUT2D eigenvalue weighted by Crippen LogP contribution is 2.37. The lowest BCUT2D eigenvalue weighted by Gasteiger charge is -2.39. The number of carbonyl (C=O) groups excluding carboxylic acids is 1. The number of carbonyl (C=O) groups is 1. The number of thiophene rings is 1. The molecule has 0 atom stereocenters. The number of hydrazine groups is 1. The summed E-state index contributed by atoms with van der Waals surface area (Å²) in [6, 6.07) is 9.56. The van der Waals surface area contributed by atoms with Crippen LogP contribution in [0.1, 0.15) is 18.4 Å². The zero-order chi connectivity index (χ0) is 23.9. The van der Waals surface area contributed by atoms with Gasteiger partial charge in [0.1, 0.15) is 4.21 Å². The predicted molar refractivity (Wildman–Crippen MR) is 135 cm³/mol.